The molecular formula is C28H30ClF3N4O3. The standard InChI is InChI=1S/C28H30ClF3N4O3/c1-17(36-26(37)27(2,3)39-25-12-9-20(15-35-25)28(30,31)32)23(13-18-7-10-21(29)11-8-18)19-5-4-6-22(14-19)38-16-24(33)34/h4-12,14-15,17,23H,13,16H2,1-3H3,(H3,33,34)(H,36,37). The van der Waals surface area contributed by atoms with Gasteiger partial charge in [-0.1, -0.05) is 35.9 Å². The number of nitrogens with two attached hydrogens (primary N) is 1. The Kier molecular flexibility index (Phi) is 9.45. The average molecular weight is 563 g/mol. The molecule has 0 saturated heterocycles. The predicted octanol–water partition coefficient (Wildman–Crippen LogP) is 5.76. The zero-order chi connectivity index (χ0) is 28.8. The van der Waals surface area contributed by atoms with Gasteiger partial charge in [-0.3, -0.25) is 10.2 Å². The van der Waals surface area contributed by atoms with Crippen LogP contribution in [0.15, 0.2) is 66.9 Å². The molecule has 3 aromatic rings. The monoisotopic (exact) mass is 562 g/mol. The second-order valence-corrected chi connectivity index (χ2v) is 10.0. The highest BCUT2D eigenvalue weighted by Gasteiger charge is 2.34. The number of amides is 1. The van der Waals surface area contributed by atoms with Crippen molar-refractivity contribution >= 4 is 23.3 Å². The van der Waals surface area contributed by atoms with Crippen LogP contribution in [0.4, 0.5) is 13.2 Å². The second-order valence-electron chi connectivity index (χ2n) is 9.58. The van der Waals surface area contributed by atoms with Gasteiger partial charge in [-0.2, -0.15) is 13.2 Å². The van der Waals surface area contributed by atoms with Crippen LogP contribution in [-0.4, -0.2) is 35.0 Å². The smallest absolute Gasteiger partial charge is 0.417 e. The number of benzene rings is 2. The summed E-state index contributed by atoms with van der Waals surface area (Å²) in [7, 11) is 0. The lowest BCUT2D eigenvalue weighted by molar-refractivity contribution is -0.138. The van der Waals surface area contributed by atoms with Crippen LogP contribution in [0.25, 0.3) is 0 Å². The van der Waals surface area contributed by atoms with Gasteiger partial charge in [0.1, 0.15) is 18.2 Å². The van der Waals surface area contributed by atoms with Gasteiger partial charge in [0.2, 0.25) is 5.88 Å². The molecule has 0 fully saturated rings. The first-order valence-electron chi connectivity index (χ1n) is 12.1. The van der Waals surface area contributed by atoms with E-state index in [2.05, 4.69) is 10.3 Å². The van der Waals surface area contributed by atoms with E-state index >= 15 is 0 Å². The van der Waals surface area contributed by atoms with E-state index in [1.54, 1.807) is 18.2 Å². The first kappa shape index (κ1) is 29.8. The van der Waals surface area contributed by atoms with E-state index < -0.39 is 29.3 Å². The number of nitrogens with one attached hydrogen (secondary N) is 2. The summed E-state index contributed by atoms with van der Waals surface area (Å²) in [6, 6.07) is 16.2. The molecule has 2 unspecified atom stereocenters. The third kappa shape index (κ3) is 8.61. The molecule has 0 bridgehead atoms. The van der Waals surface area contributed by atoms with Gasteiger partial charge >= 0.3 is 6.18 Å². The summed E-state index contributed by atoms with van der Waals surface area (Å²) in [6.45, 7) is 4.83. The largest absolute Gasteiger partial charge is 0.486 e. The number of carbonyl (C=O) groups excluding carboxylic acids is 1. The van der Waals surface area contributed by atoms with Crippen LogP contribution in [-0.2, 0) is 17.4 Å². The van der Waals surface area contributed by atoms with Gasteiger partial charge in [0, 0.05) is 29.2 Å². The van der Waals surface area contributed by atoms with Crippen molar-refractivity contribution in [2.45, 2.75) is 50.9 Å². The summed E-state index contributed by atoms with van der Waals surface area (Å²) in [5, 5.41) is 11.0. The number of hydrogen-bond donors (Lipinski definition) is 3. The van der Waals surface area contributed by atoms with E-state index in [0.29, 0.717) is 23.4 Å². The maximum Gasteiger partial charge on any atom is 0.417 e. The van der Waals surface area contributed by atoms with Gasteiger partial charge in [-0.25, -0.2) is 4.98 Å². The Morgan fingerprint density at radius 2 is 1.82 bits per heavy atom. The van der Waals surface area contributed by atoms with Crippen LogP contribution in [0.3, 0.4) is 0 Å². The van der Waals surface area contributed by atoms with Crippen LogP contribution in [0, 0.1) is 5.41 Å². The normalized spacial score (nSPS) is 13.3. The third-order valence-electron chi connectivity index (χ3n) is 5.98. The van der Waals surface area contributed by atoms with Crippen molar-refractivity contribution in [2.75, 3.05) is 6.61 Å². The molecule has 0 aliphatic rings. The first-order valence-corrected chi connectivity index (χ1v) is 12.5. The average Bonchev–Trinajstić information content (AvgIpc) is 2.86. The highest BCUT2D eigenvalue weighted by molar-refractivity contribution is 6.30. The molecular weight excluding hydrogens is 533 g/mol. The van der Waals surface area contributed by atoms with E-state index in [1.165, 1.54) is 13.8 Å². The van der Waals surface area contributed by atoms with E-state index in [0.717, 1.165) is 23.3 Å². The second kappa shape index (κ2) is 12.4. The van der Waals surface area contributed by atoms with Crippen LogP contribution in [0.2, 0.25) is 5.02 Å². The molecule has 2 aromatic carbocycles. The summed E-state index contributed by atoms with van der Waals surface area (Å²) in [5.74, 6) is -0.371. The number of aromatic nitrogens is 1. The number of halogens is 4. The van der Waals surface area contributed by atoms with Crippen molar-refractivity contribution in [1.82, 2.24) is 10.3 Å². The minimum Gasteiger partial charge on any atom is -0.486 e. The Labute approximate surface area is 230 Å². The number of hydrogen-bond acceptors (Lipinski definition) is 5. The lowest BCUT2D eigenvalue weighted by Crippen LogP contribution is -2.51. The van der Waals surface area contributed by atoms with Crippen LogP contribution >= 0.6 is 11.6 Å². The van der Waals surface area contributed by atoms with Crippen LogP contribution in [0.5, 0.6) is 11.6 Å². The minimum absolute atomic E-state index is 0.0545. The maximum absolute atomic E-state index is 13.3. The zero-order valence-corrected chi connectivity index (χ0v) is 22.4. The van der Waals surface area contributed by atoms with Gasteiger partial charge < -0.3 is 20.5 Å². The first-order chi connectivity index (χ1) is 18.2. The summed E-state index contributed by atoms with van der Waals surface area (Å²) >= 11 is 6.05. The fourth-order valence-corrected chi connectivity index (χ4v) is 3.98. The highest BCUT2D eigenvalue weighted by Crippen LogP contribution is 2.31. The van der Waals surface area contributed by atoms with Gasteiger partial charge in [0.15, 0.2) is 5.60 Å². The highest BCUT2D eigenvalue weighted by atomic mass is 35.5. The van der Waals surface area contributed by atoms with Crippen molar-refractivity contribution in [3.63, 3.8) is 0 Å². The predicted molar refractivity (Wildman–Crippen MR) is 143 cm³/mol. The molecule has 0 saturated carbocycles. The SMILES string of the molecule is CC(NC(=O)C(C)(C)Oc1ccc(C(F)(F)F)cn1)C(Cc1ccc(Cl)cc1)c1cccc(OCC(=N)N)c1. The summed E-state index contributed by atoms with van der Waals surface area (Å²) in [4.78, 5) is 17.0. The van der Waals surface area contributed by atoms with E-state index in [1.807, 2.05) is 37.3 Å². The van der Waals surface area contributed by atoms with Crippen molar-refractivity contribution < 1.29 is 27.4 Å². The number of pyridine rings is 1. The molecule has 0 spiro atoms. The minimum atomic E-state index is -4.53. The Morgan fingerprint density at radius 1 is 1.13 bits per heavy atom. The van der Waals surface area contributed by atoms with E-state index in [-0.39, 0.29) is 24.2 Å². The van der Waals surface area contributed by atoms with Gasteiger partial charge in [-0.15, -0.1) is 0 Å². The molecule has 11 heteroatoms. The number of ether oxygens (including phenoxy) is 2. The molecule has 1 heterocycles. The van der Waals surface area contributed by atoms with Gasteiger partial charge in [0.05, 0.1) is 5.56 Å². The summed E-state index contributed by atoms with van der Waals surface area (Å²) in [6.07, 6.45) is -3.31. The molecule has 4 N–H and O–H groups in total. The van der Waals surface area contributed by atoms with Crippen LogP contribution < -0.4 is 20.5 Å². The molecule has 0 aliphatic heterocycles. The van der Waals surface area contributed by atoms with Gasteiger partial charge in [-0.05, 0) is 68.7 Å². The molecule has 0 aliphatic carbocycles. The molecule has 1 amide bonds. The molecule has 7 nitrogen and oxygen atoms in total. The lowest BCUT2D eigenvalue weighted by atomic mass is 9.86. The molecule has 39 heavy (non-hydrogen) atoms. The molecule has 1 aromatic heterocycles. The lowest BCUT2D eigenvalue weighted by Gasteiger charge is -2.31. The number of rotatable bonds is 11. The third-order valence-corrected chi connectivity index (χ3v) is 6.23. The molecule has 0 radical (unpaired) electrons. The van der Waals surface area contributed by atoms with Gasteiger partial charge in [0.25, 0.3) is 5.91 Å². The van der Waals surface area contributed by atoms with Crippen molar-refractivity contribution in [1.29, 1.82) is 5.41 Å². The number of alkyl halides is 3. The zero-order valence-electron chi connectivity index (χ0n) is 21.7. The number of amidine groups is 1. The quantitative estimate of drug-likeness (QED) is 0.203. The van der Waals surface area contributed by atoms with E-state index in [4.69, 9.17) is 32.2 Å². The number of nitrogens with zero attached hydrogens (tertiary/aromatic N) is 1. The van der Waals surface area contributed by atoms with Crippen molar-refractivity contribution in [2.24, 2.45) is 5.73 Å². The Balaban J connectivity index is 1.80. The molecule has 2 atom stereocenters. The van der Waals surface area contributed by atoms with Crippen molar-refractivity contribution in [3.8, 4) is 11.6 Å². The Morgan fingerprint density at radius 3 is 2.41 bits per heavy atom. The number of carbonyl (C=O) groups is 1. The summed E-state index contributed by atoms with van der Waals surface area (Å²) in [5.41, 5.74) is 4.94. The van der Waals surface area contributed by atoms with Crippen LogP contribution in [0.1, 0.15) is 43.4 Å². The molecule has 3 rings (SSSR count). The summed E-state index contributed by atoms with van der Waals surface area (Å²) < 4.78 is 49.8. The fourth-order valence-electron chi connectivity index (χ4n) is 3.85. The van der Waals surface area contributed by atoms with Crippen molar-refractivity contribution in [3.05, 3.63) is 88.6 Å². The molecule has 208 valence electrons. The topological polar surface area (TPSA) is 110 Å². The maximum atomic E-state index is 13.3. The van der Waals surface area contributed by atoms with E-state index in [9.17, 15) is 18.0 Å². The fraction of sp³-hybridized carbons (Fsp3) is 0.321. The Hall–Kier alpha value is -3.79. The Bertz CT molecular complexity index is 1280.